The largest absolute Gasteiger partial charge is 0.325 e. The van der Waals surface area contributed by atoms with Gasteiger partial charge in [0.05, 0.1) is 10.6 Å². The van der Waals surface area contributed by atoms with Gasteiger partial charge in [0.25, 0.3) is 5.56 Å². The Bertz CT molecular complexity index is 1270. The van der Waals surface area contributed by atoms with Gasteiger partial charge >= 0.3 is 0 Å². The van der Waals surface area contributed by atoms with Gasteiger partial charge in [-0.25, -0.2) is 4.98 Å². The summed E-state index contributed by atoms with van der Waals surface area (Å²) in [5.41, 5.74) is 2.10. The maximum Gasteiger partial charge on any atom is 0.260 e. The molecule has 2 N–H and O–H groups in total. The summed E-state index contributed by atoms with van der Waals surface area (Å²) >= 11 is 14.5. The van der Waals surface area contributed by atoms with Crippen molar-refractivity contribution in [3.8, 4) is 11.1 Å². The molecule has 30 heavy (non-hydrogen) atoms. The number of nitrogens with zero attached hydrogens (tertiary/aromatic N) is 1. The fraction of sp³-hybridized carbons (Fsp3) is 0.0952. The standard InChI is InChI=1S/C21H15Cl2N3O2S2/c1-11(18(27)24-15-8-13(22)7-14(23)9-15)30-21-25-19(28)17-16(10-29-20(17)26-21)12-5-3-2-4-6-12/h2-11H,1H3,(H,24,27)(H,25,26,28)/t11-/m1/s1. The smallest absolute Gasteiger partial charge is 0.260 e. The van der Waals surface area contributed by atoms with E-state index in [0.717, 1.165) is 11.1 Å². The lowest BCUT2D eigenvalue weighted by Gasteiger charge is -2.12. The predicted molar refractivity (Wildman–Crippen MR) is 126 cm³/mol. The molecule has 0 spiro atoms. The van der Waals surface area contributed by atoms with Crippen LogP contribution in [0.2, 0.25) is 10.0 Å². The molecule has 0 aliphatic rings. The Kier molecular flexibility index (Phi) is 6.15. The summed E-state index contributed by atoms with van der Waals surface area (Å²) in [6.07, 6.45) is 0. The molecular formula is C21H15Cl2N3O2S2. The van der Waals surface area contributed by atoms with Gasteiger partial charge < -0.3 is 10.3 Å². The lowest BCUT2D eigenvalue weighted by Crippen LogP contribution is -2.23. The van der Waals surface area contributed by atoms with Crippen LogP contribution >= 0.6 is 46.3 Å². The number of rotatable bonds is 5. The van der Waals surface area contributed by atoms with E-state index >= 15 is 0 Å². The molecular weight excluding hydrogens is 461 g/mol. The first-order chi connectivity index (χ1) is 14.4. The van der Waals surface area contributed by atoms with E-state index < -0.39 is 5.25 Å². The number of carbonyl (C=O) groups is 1. The molecule has 0 aliphatic carbocycles. The van der Waals surface area contributed by atoms with Crippen molar-refractivity contribution >= 4 is 68.1 Å². The van der Waals surface area contributed by atoms with Crippen molar-refractivity contribution in [2.24, 2.45) is 0 Å². The molecule has 0 unspecified atom stereocenters. The van der Waals surface area contributed by atoms with Gasteiger partial charge in [-0.1, -0.05) is 65.3 Å². The van der Waals surface area contributed by atoms with Crippen molar-refractivity contribution in [2.45, 2.75) is 17.3 Å². The summed E-state index contributed by atoms with van der Waals surface area (Å²) in [7, 11) is 0. The molecule has 1 atom stereocenters. The third-order valence-electron chi connectivity index (χ3n) is 4.29. The average Bonchev–Trinajstić information content (AvgIpc) is 3.12. The summed E-state index contributed by atoms with van der Waals surface area (Å²) in [6.45, 7) is 1.74. The summed E-state index contributed by atoms with van der Waals surface area (Å²) in [6, 6.07) is 14.5. The van der Waals surface area contributed by atoms with Crippen LogP contribution in [-0.2, 0) is 4.79 Å². The summed E-state index contributed by atoms with van der Waals surface area (Å²) < 4.78 is 0. The van der Waals surface area contributed by atoms with Gasteiger partial charge in [0.1, 0.15) is 4.83 Å². The molecule has 152 valence electrons. The molecule has 0 bridgehead atoms. The van der Waals surface area contributed by atoms with Crippen LogP contribution in [0.5, 0.6) is 0 Å². The van der Waals surface area contributed by atoms with E-state index in [4.69, 9.17) is 23.2 Å². The number of aromatic amines is 1. The monoisotopic (exact) mass is 475 g/mol. The number of hydrogen-bond donors (Lipinski definition) is 2. The number of carbonyl (C=O) groups excluding carboxylic acids is 1. The Morgan fingerprint density at radius 3 is 2.57 bits per heavy atom. The fourth-order valence-electron chi connectivity index (χ4n) is 2.91. The maximum atomic E-state index is 12.7. The molecule has 4 rings (SSSR count). The highest BCUT2D eigenvalue weighted by atomic mass is 35.5. The topological polar surface area (TPSA) is 74.8 Å². The summed E-state index contributed by atoms with van der Waals surface area (Å²) in [5, 5.41) is 6.01. The zero-order valence-electron chi connectivity index (χ0n) is 15.6. The molecule has 9 heteroatoms. The van der Waals surface area contributed by atoms with Crippen LogP contribution in [0.15, 0.2) is 63.9 Å². The Morgan fingerprint density at radius 2 is 1.87 bits per heavy atom. The van der Waals surface area contributed by atoms with Gasteiger partial charge in [-0.2, -0.15) is 0 Å². The van der Waals surface area contributed by atoms with Gasteiger partial charge in [-0.05, 0) is 30.7 Å². The molecule has 2 aromatic carbocycles. The van der Waals surface area contributed by atoms with Crippen molar-refractivity contribution in [1.29, 1.82) is 0 Å². The maximum absolute atomic E-state index is 12.7. The molecule has 0 saturated heterocycles. The number of anilines is 1. The highest BCUT2D eigenvalue weighted by molar-refractivity contribution is 8.00. The molecule has 2 aromatic heterocycles. The van der Waals surface area contributed by atoms with Crippen molar-refractivity contribution < 1.29 is 4.79 Å². The Hall–Kier alpha value is -2.32. The number of amides is 1. The first-order valence-corrected chi connectivity index (χ1v) is 11.4. The van der Waals surface area contributed by atoms with Crippen LogP contribution in [0.4, 0.5) is 5.69 Å². The lowest BCUT2D eigenvalue weighted by molar-refractivity contribution is -0.115. The minimum absolute atomic E-state index is 0.225. The highest BCUT2D eigenvalue weighted by Crippen LogP contribution is 2.32. The minimum atomic E-state index is -0.503. The average molecular weight is 476 g/mol. The molecule has 0 fully saturated rings. The molecule has 2 heterocycles. The van der Waals surface area contributed by atoms with Gasteiger partial charge in [-0.3, -0.25) is 9.59 Å². The molecule has 0 aliphatic heterocycles. The van der Waals surface area contributed by atoms with Crippen molar-refractivity contribution in [3.05, 3.63) is 74.3 Å². The molecule has 4 aromatic rings. The van der Waals surface area contributed by atoms with Gasteiger partial charge in [0.15, 0.2) is 5.16 Å². The molecule has 5 nitrogen and oxygen atoms in total. The van der Waals surface area contributed by atoms with Crippen molar-refractivity contribution in [2.75, 3.05) is 5.32 Å². The second-order valence-electron chi connectivity index (χ2n) is 6.47. The Labute approximate surface area is 190 Å². The number of fused-ring (bicyclic) bond motifs is 1. The van der Waals surface area contributed by atoms with Crippen LogP contribution < -0.4 is 10.9 Å². The number of H-pyrrole nitrogens is 1. The number of benzene rings is 2. The summed E-state index contributed by atoms with van der Waals surface area (Å²) in [4.78, 5) is 33.3. The number of hydrogen-bond acceptors (Lipinski definition) is 5. The van der Waals surface area contributed by atoms with E-state index in [-0.39, 0.29) is 11.5 Å². The quantitative estimate of drug-likeness (QED) is 0.271. The van der Waals surface area contributed by atoms with Crippen LogP contribution in [0, 0.1) is 0 Å². The van der Waals surface area contributed by atoms with Crippen LogP contribution in [0.1, 0.15) is 6.92 Å². The van der Waals surface area contributed by atoms with E-state index in [2.05, 4.69) is 15.3 Å². The molecule has 0 radical (unpaired) electrons. The van der Waals surface area contributed by atoms with Gasteiger partial charge in [0.2, 0.25) is 5.91 Å². The number of nitrogens with one attached hydrogen (secondary N) is 2. The van der Waals surface area contributed by atoms with E-state index in [0.29, 0.717) is 31.1 Å². The first-order valence-electron chi connectivity index (χ1n) is 8.91. The highest BCUT2D eigenvalue weighted by Gasteiger charge is 2.19. The number of thioether (sulfide) groups is 1. The van der Waals surface area contributed by atoms with Gasteiger partial charge in [0, 0.05) is 26.7 Å². The predicted octanol–water partition coefficient (Wildman–Crippen LogP) is 6.08. The van der Waals surface area contributed by atoms with E-state index in [9.17, 15) is 9.59 Å². The van der Waals surface area contributed by atoms with E-state index in [1.807, 2.05) is 35.7 Å². The Morgan fingerprint density at radius 1 is 1.17 bits per heavy atom. The second kappa shape index (κ2) is 8.81. The third kappa shape index (κ3) is 4.54. The SMILES string of the molecule is C[C@@H](Sc1nc2scc(-c3ccccc3)c2c(=O)[nH]1)C(=O)Nc1cc(Cl)cc(Cl)c1. The fourth-order valence-corrected chi connectivity index (χ4v) is 5.23. The number of thiophene rings is 1. The number of halogens is 2. The van der Waals surface area contributed by atoms with Crippen LogP contribution in [0.3, 0.4) is 0 Å². The van der Waals surface area contributed by atoms with E-state index in [1.165, 1.54) is 23.1 Å². The normalized spacial score (nSPS) is 12.1. The zero-order chi connectivity index (χ0) is 21.3. The first kappa shape index (κ1) is 20.9. The van der Waals surface area contributed by atoms with Crippen LogP contribution in [-0.4, -0.2) is 21.1 Å². The molecule has 0 saturated carbocycles. The zero-order valence-corrected chi connectivity index (χ0v) is 18.8. The number of aromatic nitrogens is 2. The summed E-state index contributed by atoms with van der Waals surface area (Å²) in [5.74, 6) is -0.253. The van der Waals surface area contributed by atoms with E-state index in [1.54, 1.807) is 25.1 Å². The minimum Gasteiger partial charge on any atom is -0.325 e. The Balaban J connectivity index is 1.55. The van der Waals surface area contributed by atoms with Gasteiger partial charge in [-0.15, -0.1) is 11.3 Å². The van der Waals surface area contributed by atoms with Crippen LogP contribution in [0.25, 0.3) is 21.3 Å². The van der Waals surface area contributed by atoms with Crippen molar-refractivity contribution in [3.63, 3.8) is 0 Å². The lowest BCUT2D eigenvalue weighted by atomic mass is 10.1. The third-order valence-corrected chi connectivity index (χ3v) is 6.59. The second-order valence-corrected chi connectivity index (χ2v) is 9.53. The van der Waals surface area contributed by atoms with Crippen molar-refractivity contribution in [1.82, 2.24) is 9.97 Å². The molecule has 1 amide bonds.